The second kappa shape index (κ2) is 7.00. The number of amides is 1. The fourth-order valence-corrected chi connectivity index (χ4v) is 2.78. The Morgan fingerprint density at radius 2 is 2.17 bits per heavy atom. The van der Waals surface area contributed by atoms with E-state index in [0.29, 0.717) is 31.9 Å². The largest absolute Gasteiger partial charge is 0.491 e. The first kappa shape index (κ1) is 16.4. The standard InChI is InChI=1S/C17H20FN3O3/c1-23-17(12-24-15-4-2-14(18)3-5-15)6-8-21(11-17)16(22)10-20-9-7-19-13-20/h2-5,7,9,13H,6,8,10-12H2,1H3/t17-/m0/s1. The minimum Gasteiger partial charge on any atom is -0.491 e. The molecule has 3 rings (SSSR count). The van der Waals surface area contributed by atoms with E-state index >= 15 is 0 Å². The molecule has 1 fully saturated rings. The molecule has 2 aromatic rings. The van der Waals surface area contributed by atoms with Crippen LogP contribution in [0.25, 0.3) is 0 Å². The highest BCUT2D eigenvalue weighted by Gasteiger charge is 2.41. The lowest BCUT2D eigenvalue weighted by atomic mass is 10.0. The van der Waals surface area contributed by atoms with Crippen molar-refractivity contribution in [3.05, 3.63) is 48.8 Å². The maximum Gasteiger partial charge on any atom is 0.242 e. The van der Waals surface area contributed by atoms with Crippen LogP contribution in [-0.4, -0.2) is 52.8 Å². The van der Waals surface area contributed by atoms with Crippen LogP contribution < -0.4 is 4.74 Å². The minimum absolute atomic E-state index is 0.0220. The molecule has 0 spiro atoms. The first-order valence-electron chi connectivity index (χ1n) is 7.77. The van der Waals surface area contributed by atoms with Crippen molar-refractivity contribution >= 4 is 5.91 Å². The maximum absolute atomic E-state index is 12.9. The van der Waals surface area contributed by atoms with E-state index in [4.69, 9.17) is 9.47 Å². The van der Waals surface area contributed by atoms with E-state index in [1.54, 1.807) is 47.4 Å². The van der Waals surface area contributed by atoms with Gasteiger partial charge in [-0.15, -0.1) is 0 Å². The predicted octanol–water partition coefficient (Wildman–Crippen LogP) is 1.72. The third-order valence-electron chi connectivity index (χ3n) is 4.29. The number of ether oxygens (including phenoxy) is 2. The molecule has 1 saturated heterocycles. The molecule has 0 bridgehead atoms. The Kier molecular flexibility index (Phi) is 4.80. The number of benzene rings is 1. The van der Waals surface area contributed by atoms with Gasteiger partial charge in [0, 0.05) is 26.0 Å². The van der Waals surface area contributed by atoms with E-state index in [9.17, 15) is 9.18 Å². The first-order chi connectivity index (χ1) is 11.6. The number of likely N-dealkylation sites (tertiary alicyclic amines) is 1. The summed E-state index contributed by atoms with van der Waals surface area (Å²) in [6.07, 6.45) is 5.72. The monoisotopic (exact) mass is 333 g/mol. The highest BCUT2D eigenvalue weighted by atomic mass is 19.1. The Hall–Kier alpha value is -2.41. The molecule has 1 atom stereocenters. The fraction of sp³-hybridized carbons (Fsp3) is 0.412. The van der Waals surface area contributed by atoms with Crippen LogP contribution in [0.3, 0.4) is 0 Å². The average molecular weight is 333 g/mol. The average Bonchev–Trinajstić information content (AvgIpc) is 3.24. The van der Waals surface area contributed by atoms with E-state index in [1.165, 1.54) is 12.1 Å². The van der Waals surface area contributed by atoms with E-state index in [0.717, 1.165) is 0 Å². The van der Waals surface area contributed by atoms with Crippen LogP contribution in [-0.2, 0) is 16.1 Å². The number of nitrogens with zero attached hydrogens (tertiary/aromatic N) is 3. The van der Waals surface area contributed by atoms with Gasteiger partial charge in [0.1, 0.15) is 30.3 Å². The number of carbonyl (C=O) groups is 1. The third kappa shape index (κ3) is 3.73. The second-order valence-electron chi connectivity index (χ2n) is 5.93. The number of aromatic nitrogens is 2. The number of halogens is 1. The van der Waals surface area contributed by atoms with E-state index in [-0.39, 0.29) is 18.3 Å². The summed E-state index contributed by atoms with van der Waals surface area (Å²) in [6.45, 7) is 1.66. The highest BCUT2D eigenvalue weighted by molar-refractivity contribution is 5.76. The Morgan fingerprint density at radius 3 is 2.83 bits per heavy atom. The van der Waals surface area contributed by atoms with Gasteiger partial charge in [0.25, 0.3) is 0 Å². The van der Waals surface area contributed by atoms with Crippen molar-refractivity contribution in [1.29, 1.82) is 0 Å². The summed E-state index contributed by atoms with van der Waals surface area (Å²) >= 11 is 0. The summed E-state index contributed by atoms with van der Waals surface area (Å²) in [5, 5.41) is 0. The lowest BCUT2D eigenvalue weighted by Gasteiger charge is -2.28. The summed E-state index contributed by atoms with van der Waals surface area (Å²) in [4.78, 5) is 18.1. The van der Waals surface area contributed by atoms with Crippen molar-refractivity contribution in [1.82, 2.24) is 14.5 Å². The van der Waals surface area contributed by atoms with Crippen molar-refractivity contribution in [2.24, 2.45) is 0 Å². The van der Waals surface area contributed by atoms with E-state index < -0.39 is 5.60 Å². The summed E-state index contributed by atoms with van der Waals surface area (Å²) in [7, 11) is 1.62. The van der Waals surface area contributed by atoms with Gasteiger partial charge >= 0.3 is 0 Å². The molecule has 2 heterocycles. The molecule has 1 aromatic heterocycles. The number of hydrogen-bond acceptors (Lipinski definition) is 4. The van der Waals surface area contributed by atoms with Crippen LogP contribution in [0.5, 0.6) is 5.75 Å². The van der Waals surface area contributed by atoms with Crippen LogP contribution >= 0.6 is 0 Å². The number of imidazole rings is 1. The molecule has 24 heavy (non-hydrogen) atoms. The molecule has 0 aliphatic carbocycles. The zero-order chi connectivity index (χ0) is 17.0. The third-order valence-corrected chi connectivity index (χ3v) is 4.29. The molecule has 0 saturated carbocycles. The van der Waals surface area contributed by atoms with Crippen LogP contribution in [0, 0.1) is 5.82 Å². The van der Waals surface area contributed by atoms with Gasteiger partial charge < -0.3 is 18.9 Å². The summed E-state index contributed by atoms with van der Waals surface area (Å²) in [5.74, 6) is 0.297. The topological polar surface area (TPSA) is 56.6 Å². The van der Waals surface area contributed by atoms with Gasteiger partial charge in [0.15, 0.2) is 0 Å². The molecular weight excluding hydrogens is 313 g/mol. The molecule has 1 aliphatic heterocycles. The molecule has 128 valence electrons. The molecule has 7 heteroatoms. The molecule has 0 radical (unpaired) electrons. The lowest BCUT2D eigenvalue weighted by molar-refractivity contribution is -0.132. The first-order valence-corrected chi connectivity index (χ1v) is 7.77. The van der Waals surface area contributed by atoms with Gasteiger partial charge in [-0.25, -0.2) is 9.37 Å². The molecule has 1 amide bonds. The fourth-order valence-electron chi connectivity index (χ4n) is 2.78. The summed E-state index contributed by atoms with van der Waals surface area (Å²) < 4.78 is 26.1. The number of hydrogen-bond donors (Lipinski definition) is 0. The van der Waals surface area contributed by atoms with Gasteiger partial charge in [-0.1, -0.05) is 0 Å². The lowest BCUT2D eigenvalue weighted by Crippen LogP contribution is -2.43. The predicted molar refractivity (Wildman–Crippen MR) is 85.1 cm³/mol. The molecular formula is C17H20FN3O3. The van der Waals surface area contributed by atoms with Gasteiger partial charge in [-0.2, -0.15) is 0 Å². The van der Waals surface area contributed by atoms with Crippen LogP contribution in [0.2, 0.25) is 0 Å². The van der Waals surface area contributed by atoms with Crippen molar-refractivity contribution in [2.45, 2.75) is 18.6 Å². The van der Waals surface area contributed by atoms with Crippen LogP contribution in [0.15, 0.2) is 43.0 Å². The zero-order valence-corrected chi connectivity index (χ0v) is 13.5. The molecule has 0 N–H and O–H groups in total. The van der Waals surface area contributed by atoms with Crippen molar-refractivity contribution in [2.75, 3.05) is 26.8 Å². The molecule has 1 aromatic carbocycles. The normalized spacial score (nSPS) is 20.3. The van der Waals surface area contributed by atoms with Crippen LogP contribution in [0.4, 0.5) is 4.39 Å². The summed E-state index contributed by atoms with van der Waals surface area (Å²) in [5.41, 5.74) is -0.543. The Balaban J connectivity index is 1.57. The van der Waals surface area contributed by atoms with E-state index in [2.05, 4.69) is 4.98 Å². The number of carbonyl (C=O) groups excluding carboxylic acids is 1. The maximum atomic E-state index is 12.9. The number of methoxy groups -OCH3 is 1. The zero-order valence-electron chi connectivity index (χ0n) is 13.5. The molecule has 6 nitrogen and oxygen atoms in total. The quantitative estimate of drug-likeness (QED) is 0.808. The van der Waals surface area contributed by atoms with Crippen LogP contribution in [0.1, 0.15) is 6.42 Å². The SMILES string of the molecule is CO[C@@]1(COc2ccc(F)cc2)CCN(C(=O)Cn2ccnc2)C1. The van der Waals surface area contributed by atoms with Gasteiger partial charge in [-0.3, -0.25) is 4.79 Å². The van der Waals surface area contributed by atoms with E-state index in [1.807, 2.05) is 0 Å². The van der Waals surface area contributed by atoms with Crippen molar-refractivity contribution in [3.8, 4) is 5.75 Å². The van der Waals surface area contributed by atoms with Gasteiger partial charge in [-0.05, 0) is 30.7 Å². The molecule has 0 unspecified atom stereocenters. The Labute approximate surface area is 139 Å². The highest BCUT2D eigenvalue weighted by Crippen LogP contribution is 2.26. The van der Waals surface area contributed by atoms with Crippen molar-refractivity contribution in [3.63, 3.8) is 0 Å². The van der Waals surface area contributed by atoms with Gasteiger partial charge in [0.2, 0.25) is 5.91 Å². The van der Waals surface area contributed by atoms with Gasteiger partial charge in [0.05, 0.1) is 12.9 Å². The Bertz CT molecular complexity index is 675. The minimum atomic E-state index is -0.543. The smallest absolute Gasteiger partial charge is 0.242 e. The second-order valence-corrected chi connectivity index (χ2v) is 5.93. The summed E-state index contributed by atoms with van der Waals surface area (Å²) in [6, 6.07) is 5.86. The molecule has 1 aliphatic rings. The Morgan fingerprint density at radius 1 is 1.38 bits per heavy atom. The van der Waals surface area contributed by atoms with Crippen molar-refractivity contribution < 1.29 is 18.7 Å². The number of rotatable bonds is 6.